The van der Waals surface area contributed by atoms with E-state index in [2.05, 4.69) is 6.92 Å². The number of hydrogen-bond acceptors (Lipinski definition) is 3. The van der Waals surface area contributed by atoms with Crippen LogP contribution < -0.4 is 9.47 Å². The van der Waals surface area contributed by atoms with Gasteiger partial charge in [0.05, 0.1) is 19.8 Å². The summed E-state index contributed by atoms with van der Waals surface area (Å²) in [6.07, 6.45) is 4.70. The topological polar surface area (TPSA) is 35.5 Å². The van der Waals surface area contributed by atoms with E-state index < -0.39 is 0 Å². The maximum Gasteiger partial charge on any atom is 0.196 e. The molecule has 2 aromatic rings. The molecule has 0 atom stereocenters. The minimum atomic E-state index is -0.0473. The first-order valence-electron chi connectivity index (χ1n) is 8.47. The van der Waals surface area contributed by atoms with Crippen LogP contribution in [0, 0.1) is 6.92 Å². The van der Waals surface area contributed by atoms with E-state index in [9.17, 15) is 4.79 Å². The van der Waals surface area contributed by atoms with Crippen molar-refractivity contribution in [3.8, 4) is 11.5 Å². The van der Waals surface area contributed by atoms with Crippen molar-refractivity contribution in [1.29, 1.82) is 0 Å². The van der Waals surface area contributed by atoms with Gasteiger partial charge in [0.2, 0.25) is 0 Å². The lowest BCUT2D eigenvalue weighted by atomic mass is 9.98. The summed E-state index contributed by atoms with van der Waals surface area (Å²) < 4.78 is 10.7. The molecule has 3 nitrogen and oxygen atoms in total. The zero-order valence-electron chi connectivity index (χ0n) is 15.0. The van der Waals surface area contributed by atoms with Crippen molar-refractivity contribution in [1.82, 2.24) is 0 Å². The van der Waals surface area contributed by atoms with Crippen LogP contribution in [-0.2, 0) is 6.42 Å². The summed E-state index contributed by atoms with van der Waals surface area (Å²) in [5.74, 6) is 1.02. The van der Waals surface area contributed by atoms with Gasteiger partial charge in [-0.1, -0.05) is 44.0 Å². The zero-order chi connectivity index (χ0) is 17.5. The molecule has 0 saturated carbocycles. The van der Waals surface area contributed by atoms with Gasteiger partial charge in [0.25, 0.3) is 0 Å². The molecule has 0 bridgehead atoms. The van der Waals surface area contributed by atoms with Gasteiger partial charge in [-0.3, -0.25) is 4.79 Å². The Bertz CT molecular complexity index is 687. The van der Waals surface area contributed by atoms with Crippen molar-refractivity contribution in [2.24, 2.45) is 0 Å². The van der Waals surface area contributed by atoms with E-state index in [-0.39, 0.29) is 5.78 Å². The second-order valence-electron chi connectivity index (χ2n) is 6.03. The van der Waals surface area contributed by atoms with E-state index >= 15 is 0 Å². The number of hydrogen-bond donors (Lipinski definition) is 0. The number of carbonyl (C=O) groups excluding carboxylic acids is 1. The summed E-state index contributed by atoms with van der Waals surface area (Å²) in [5, 5.41) is 0. The van der Waals surface area contributed by atoms with Gasteiger partial charge >= 0.3 is 0 Å². The highest BCUT2D eigenvalue weighted by Crippen LogP contribution is 2.33. The van der Waals surface area contributed by atoms with Gasteiger partial charge in [0.15, 0.2) is 17.3 Å². The lowest BCUT2D eigenvalue weighted by Gasteiger charge is -2.13. The molecule has 0 unspecified atom stereocenters. The quantitative estimate of drug-likeness (QED) is 0.507. The van der Waals surface area contributed by atoms with Gasteiger partial charge in [-0.25, -0.2) is 0 Å². The maximum absolute atomic E-state index is 12.9. The second kappa shape index (κ2) is 8.53. The Hall–Kier alpha value is -2.29. The van der Waals surface area contributed by atoms with Crippen molar-refractivity contribution in [3.05, 3.63) is 58.7 Å². The molecule has 2 aromatic carbocycles. The standard InChI is InChI=1S/C21H26O3/c1-5-6-7-8-16-9-11-17(12-10-16)20(22)18-13-15(2)14-19(23-3)21(18)24-4/h9-14H,5-8H2,1-4H3. The van der Waals surface area contributed by atoms with Crippen LogP contribution in [0.4, 0.5) is 0 Å². The van der Waals surface area contributed by atoms with Crippen LogP contribution in [0.25, 0.3) is 0 Å². The minimum Gasteiger partial charge on any atom is -0.493 e. The molecule has 128 valence electrons. The Kier molecular flexibility index (Phi) is 6.42. The third-order valence-electron chi connectivity index (χ3n) is 4.15. The molecule has 0 aliphatic rings. The van der Waals surface area contributed by atoms with Gasteiger partial charge < -0.3 is 9.47 Å². The molecule has 0 radical (unpaired) electrons. The Balaban J connectivity index is 2.27. The van der Waals surface area contributed by atoms with Gasteiger partial charge in [0, 0.05) is 5.56 Å². The third-order valence-corrected chi connectivity index (χ3v) is 4.15. The molecule has 0 aliphatic carbocycles. The summed E-state index contributed by atoms with van der Waals surface area (Å²) in [7, 11) is 3.14. The van der Waals surface area contributed by atoms with Gasteiger partial charge in [-0.15, -0.1) is 0 Å². The zero-order valence-corrected chi connectivity index (χ0v) is 15.0. The highest BCUT2D eigenvalue weighted by Gasteiger charge is 2.19. The Labute approximate surface area is 144 Å². The first-order valence-corrected chi connectivity index (χ1v) is 8.47. The van der Waals surface area contributed by atoms with Gasteiger partial charge in [-0.05, 0) is 43.0 Å². The van der Waals surface area contributed by atoms with E-state index in [1.807, 2.05) is 43.3 Å². The summed E-state index contributed by atoms with van der Waals surface area (Å²) in [6.45, 7) is 4.14. The minimum absolute atomic E-state index is 0.0473. The van der Waals surface area contributed by atoms with Crippen LogP contribution in [0.2, 0.25) is 0 Å². The van der Waals surface area contributed by atoms with Crippen molar-refractivity contribution in [2.45, 2.75) is 39.5 Å². The predicted molar refractivity (Wildman–Crippen MR) is 97.4 cm³/mol. The second-order valence-corrected chi connectivity index (χ2v) is 6.03. The van der Waals surface area contributed by atoms with Crippen LogP contribution in [0.1, 0.15) is 53.2 Å². The first kappa shape index (κ1) is 18.1. The SMILES string of the molecule is CCCCCc1ccc(C(=O)c2cc(C)cc(OC)c2OC)cc1. The average Bonchev–Trinajstić information content (AvgIpc) is 2.61. The van der Waals surface area contributed by atoms with Gasteiger partial charge in [-0.2, -0.15) is 0 Å². The van der Waals surface area contributed by atoms with Crippen LogP contribution in [0.15, 0.2) is 36.4 Å². The molecule has 0 aliphatic heterocycles. The van der Waals surface area contributed by atoms with E-state index in [0.29, 0.717) is 22.6 Å². The molecule has 0 saturated heterocycles. The summed E-state index contributed by atoms with van der Waals surface area (Å²) in [6, 6.07) is 11.6. The number of benzene rings is 2. The molecule has 0 spiro atoms. The Morgan fingerprint density at radius 1 is 1.00 bits per heavy atom. The first-order chi connectivity index (χ1) is 11.6. The predicted octanol–water partition coefficient (Wildman–Crippen LogP) is 4.98. The normalized spacial score (nSPS) is 10.5. The van der Waals surface area contributed by atoms with Crippen molar-refractivity contribution in [3.63, 3.8) is 0 Å². The third kappa shape index (κ3) is 4.16. The number of ether oxygens (including phenoxy) is 2. The molecule has 0 fully saturated rings. The number of methoxy groups -OCH3 is 2. The molecule has 24 heavy (non-hydrogen) atoms. The lowest BCUT2D eigenvalue weighted by Crippen LogP contribution is -2.06. The lowest BCUT2D eigenvalue weighted by molar-refractivity contribution is 0.103. The fraction of sp³-hybridized carbons (Fsp3) is 0.381. The number of carbonyl (C=O) groups is 1. The molecule has 0 aromatic heterocycles. The van der Waals surface area contributed by atoms with Gasteiger partial charge in [0.1, 0.15) is 0 Å². The molecule has 0 N–H and O–H groups in total. The molecular weight excluding hydrogens is 300 g/mol. The highest BCUT2D eigenvalue weighted by molar-refractivity contribution is 6.11. The molecule has 2 rings (SSSR count). The van der Waals surface area contributed by atoms with Crippen molar-refractivity contribution >= 4 is 5.78 Å². The molecule has 0 amide bonds. The fourth-order valence-electron chi connectivity index (χ4n) is 2.83. The number of ketones is 1. The summed E-state index contributed by atoms with van der Waals surface area (Å²) in [5.41, 5.74) is 3.44. The monoisotopic (exact) mass is 326 g/mol. The molecular formula is C21H26O3. The summed E-state index contributed by atoms with van der Waals surface area (Å²) >= 11 is 0. The Morgan fingerprint density at radius 2 is 1.71 bits per heavy atom. The van der Waals surface area contributed by atoms with Crippen molar-refractivity contribution < 1.29 is 14.3 Å². The smallest absolute Gasteiger partial charge is 0.196 e. The Morgan fingerprint density at radius 3 is 2.29 bits per heavy atom. The van der Waals surface area contributed by atoms with Crippen LogP contribution in [-0.4, -0.2) is 20.0 Å². The van der Waals surface area contributed by atoms with Crippen LogP contribution in [0.3, 0.4) is 0 Å². The largest absolute Gasteiger partial charge is 0.493 e. The van der Waals surface area contributed by atoms with E-state index in [4.69, 9.17) is 9.47 Å². The van der Waals surface area contributed by atoms with Crippen LogP contribution in [0.5, 0.6) is 11.5 Å². The van der Waals surface area contributed by atoms with Crippen molar-refractivity contribution in [2.75, 3.05) is 14.2 Å². The van der Waals surface area contributed by atoms with E-state index in [1.165, 1.54) is 24.8 Å². The number of unbranched alkanes of at least 4 members (excludes halogenated alkanes) is 2. The molecule has 3 heteroatoms. The maximum atomic E-state index is 12.9. The molecule has 0 heterocycles. The van der Waals surface area contributed by atoms with Crippen LogP contribution >= 0.6 is 0 Å². The average molecular weight is 326 g/mol. The number of aryl methyl sites for hydroxylation is 2. The fourth-order valence-corrected chi connectivity index (χ4v) is 2.83. The summed E-state index contributed by atoms with van der Waals surface area (Å²) in [4.78, 5) is 12.9. The number of rotatable bonds is 8. The van der Waals surface area contributed by atoms with E-state index in [0.717, 1.165) is 12.0 Å². The highest BCUT2D eigenvalue weighted by atomic mass is 16.5. The van der Waals surface area contributed by atoms with E-state index in [1.54, 1.807) is 14.2 Å².